The number of anilines is 2. The summed E-state index contributed by atoms with van der Waals surface area (Å²) in [4.78, 5) is 30.9. The molecule has 0 atom stereocenters. The van der Waals surface area contributed by atoms with Gasteiger partial charge in [0.25, 0.3) is 0 Å². The Morgan fingerprint density at radius 1 is 1.25 bits per heavy atom. The first kappa shape index (κ1) is 21.0. The van der Waals surface area contributed by atoms with Crippen LogP contribution in [0.25, 0.3) is 0 Å². The molecule has 0 spiro atoms. The Morgan fingerprint density at radius 3 is 2.54 bits per heavy atom. The highest BCUT2D eigenvalue weighted by molar-refractivity contribution is 6.30. The normalized spacial score (nSPS) is 11.3. The summed E-state index contributed by atoms with van der Waals surface area (Å²) in [7, 11) is 1.67. The van der Waals surface area contributed by atoms with Gasteiger partial charge in [0.15, 0.2) is 0 Å². The van der Waals surface area contributed by atoms with Crippen LogP contribution >= 0.6 is 11.6 Å². The molecule has 2 aromatic rings. The third-order valence-corrected chi connectivity index (χ3v) is 3.66. The van der Waals surface area contributed by atoms with Crippen molar-refractivity contribution < 1.29 is 9.59 Å². The van der Waals surface area contributed by atoms with Crippen LogP contribution in [-0.2, 0) is 9.59 Å². The number of nitrogens with zero attached hydrogens (tertiary/aromatic N) is 4. The number of carbonyl (C=O) groups excluding carboxylic acids is 2. The highest BCUT2D eigenvalue weighted by Crippen LogP contribution is 2.16. The molecule has 0 bridgehead atoms. The van der Waals surface area contributed by atoms with E-state index in [1.54, 1.807) is 31.6 Å². The van der Waals surface area contributed by atoms with Crippen molar-refractivity contribution >= 4 is 41.1 Å². The number of hydrazone groups is 1. The second kappa shape index (κ2) is 10.8. The minimum Gasteiger partial charge on any atom is -0.355 e. The van der Waals surface area contributed by atoms with Gasteiger partial charge in [0.2, 0.25) is 11.9 Å². The monoisotopic (exact) mass is 400 g/mol. The zero-order valence-corrected chi connectivity index (χ0v) is 16.3. The number of aldehydes is 1. The van der Waals surface area contributed by atoms with Crippen LogP contribution in [0.1, 0.15) is 12.5 Å². The van der Waals surface area contributed by atoms with Crippen LogP contribution in [0, 0.1) is 0 Å². The fourth-order valence-corrected chi connectivity index (χ4v) is 2.31. The predicted molar refractivity (Wildman–Crippen MR) is 110 cm³/mol. The van der Waals surface area contributed by atoms with Crippen molar-refractivity contribution in [1.82, 2.24) is 20.3 Å². The Labute approximate surface area is 168 Å². The van der Waals surface area contributed by atoms with Crippen molar-refractivity contribution in [3.63, 3.8) is 0 Å². The second-order valence-corrected chi connectivity index (χ2v) is 6.11. The standard InChI is InChI=1S/C19H21ClN6O2/c1-3-21-18(28)13-26(2)25-17(5-4-10-27)14-11-22-19(23-12-14)24-16-8-6-15(20)7-9-16/h4-12H,3,13H2,1-2H3,(H,21,28)(H,22,23,24)/b5-4-,25-17+. The van der Waals surface area contributed by atoms with Crippen LogP contribution in [0.15, 0.2) is 53.9 Å². The molecule has 0 saturated carbocycles. The average Bonchev–Trinajstić information content (AvgIpc) is 2.67. The molecule has 0 unspecified atom stereocenters. The molecule has 8 nitrogen and oxygen atoms in total. The summed E-state index contributed by atoms with van der Waals surface area (Å²) in [6.07, 6.45) is 6.67. The average molecular weight is 401 g/mol. The number of benzene rings is 1. The predicted octanol–water partition coefficient (Wildman–Crippen LogP) is 2.40. The van der Waals surface area contributed by atoms with Gasteiger partial charge < -0.3 is 10.6 Å². The Balaban J connectivity index is 2.15. The van der Waals surface area contributed by atoms with E-state index in [1.165, 1.54) is 17.2 Å². The van der Waals surface area contributed by atoms with Crippen LogP contribution in [0.2, 0.25) is 5.02 Å². The fraction of sp³-hybridized carbons (Fsp3) is 0.211. The van der Waals surface area contributed by atoms with Crippen LogP contribution in [0.3, 0.4) is 0 Å². The molecule has 1 amide bonds. The van der Waals surface area contributed by atoms with Gasteiger partial charge in [-0.3, -0.25) is 14.6 Å². The summed E-state index contributed by atoms with van der Waals surface area (Å²) < 4.78 is 0. The molecule has 2 rings (SSSR count). The van der Waals surface area contributed by atoms with E-state index in [9.17, 15) is 9.59 Å². The number of hydrogen-bond donors (Lipinski definition) is 2. The zero-order chi connectivity index (χ0) is 20.4. The fourth-order valence-electron chi connectivity index (χ4n) is 2.19. The van der Waals surface area contributed by atoms with Crippen LogP contribution in [-0.4, -0.2) is 53.0 Å². The number of nitrogens with one attached hydrogen (secondary N) is 2. The van der Waals surface area contributed by atoms with E-state index in [1.807, 2.05) is 19.1 Å². The first-order chi connectivity index (χ1) is 13.5. The summed E-state index contributed by atoms with van der Waals surface area (Å²) in [5.74, 6) is 0.256. The maximum Gasteiger partial charge on any atom is 0.241 e. The van der Waals surface area contributed by atoms with E-state index >= 15 is 0 Å². The van der Waals surface area contributed by atoms with E-state index in [0.29, 0.717) is 35.1 Å². The number of amides is 1. The summed E-state index contributed by atoms with van der Waals surface area (Å²) in [6.45, 7) is 2.48. The molecule has 0 aliphatic rings. The second-order valence-electron chi connectivity index (χ2n) is 5.68. The number of hydrogen-bond acceptors (Lipinski definition) is 7. The molecule has 1 aromatic heterocycles. The lowest BCUT2D eigenvalue weighted by molar-refractivity contribution is -0.121. The van der Waals surface area contributed by atoms with Crippen LogP contribution in [0.4, 0.5) is 11.6 Å². The van der Waals surface area contributed by atoms with Crippen LogP contribution in [0.5, 0.6) is 0 Å². The highest BCUT2D eigenvalue weighted by Gasteiger charge is 2.08. The Hall–Kier alpha value is -3.26. The lowest BCUT2D eigenvalue weighted by Gasteiger charge is -2.14. The molecule has 0 aliphatic carbocycles. The quantitative estimate of drug-likeness (QED) is 0.290. The Bertz CT molecular complexity index is 850. The molecule has 1 aromatic carbocycles. The molecular weight excluding hydrogens is 380 g/mol. The molecule has 9 heteroatoms. The molecule has 0 fully saturated rings. The summed E-state index contributed by atoms with van der Waals surface area (Å²) >= 11 is 5.87. The SMILES string of the molecule is CCNC(=O)CN(C)/N=C(\C=C/C=O)c1cnc(Nc2ccc(Cl)cc2)nc1. The maximum atomic E-state index is 11.7. The Kier molecular flexibility index (Phi) is 8.11. The molecule has 0 saturated heterocycles. The van der Waals surface area contributed by atoms with E-state index < -0.39 is 0 Å². The number of likely N-dealkylation sites (N-methyl/N-ethyl adjacent to an activating group) is 2. The molecule has 0 aliphatic heterocycles. The number of halogens is 1. The molecular formula is C19H21ClN6O2. The number of rotatable bonds is 9. The van der Waals surface area contributed by atoms with E-state index in [0.717, 1.165) is 5.69 Å². The van der Waals surface area contributed by atoms with Crippen molar-refractivity contribution in [2.75, 3.05) is 25.5 Å². The maximum absolute atomic E-state index is 11.7. The van der Waals surface area contributed by atoms with Gasteiger partial charge >= 0.3 is 0 Å². The number of carbonyl (C=O) groups is 2. The third-order valence-electron chi connectivity index (χ3n) is 3.41. The molecule has 0 radical (unpaired) electrons. The first-order valence-corrected chi connectivity index (χ1v) is 8.93. The van der Waals surface area contributed by atoms with Crippen molar-refractivity contribution in [1.29, 1.82) is 0 Å². The summed E-state index contributed by atoms with van der Waals surface area (Å²) in [6, 6.07) is 7.15. The van der Waals surface area contributed by atoms with Crippen molar-refractivity contribution in [2.45, 2.75) is 6.92 Å². The van der Waals surface area contributed by atoms with Gasteiger partial charge in [0, 0.05) is 42.3 Å². The summed E-state index contributed by atoms with van der Waals surface area (Å²) in [5.41, 5.74) is 1.85. The van der Waals surface area contributed by atoms with Gasteiger partial charge in [0.05, 0.1) is 5.71 Å². The summed E-state index contributed by atoms with van der Waals surface area (Å²) in [5, 5.41) is 12.2. The van der Waals surface area contributed by atoms with E-state index in [-0.39, 0.29) is 12.5 Å². The largest absolute Gasteiger partial charge is 0.355 e. The van der Waals surface area contributed by atoms with E-state index in [2.05, 4.69) is 25.7 Å². The lowest BCUT2D eigenvalue weighted by atomic mass is 10.2. The van der Waals surface area contributed by atoms with Gasteiger partial charge in [-0.05, 0) is 43.3 Å². The number of allylic oxidation sites excluding steroid dienone is 2. The van der Waals surface area contributed by atoms with Crippen molar-refractivity contribution in [3.8, 4) is 0 Å². The first-order valence-electron chi connectivity index (χ1n) is 8.55. The molecule has 28 heavy (non-hydrogen) atoms. The minimum absolute atomic E-state index is 0.0866. The van der Waals surface area contributed by atoms with Gasteiger partial charge in [-0.2, -0.15) is 5.10 Å². The van der Waals surface area contributed by atoms with Gasteiger partial charge in [0.1, 0.15) is 12.8 Å². The van der Waals surface area contributed by atoms with Gasteiger partial charge in [-0.15, -0.1) is 0 Å². The van der Waals surface area contributed by atoms with E-state index in [4.69, 9.17) is 11.6 Å². The van der Waals surface area contributed by atoms with Gasteiger partial charge in [-0.1, -0.05) is 11.6 Å². The minimum atomic E-state index is -0.147. The third kappa shape index (κ3) is 6.81. The van der Waals surface area contributed by atoms with Crippen molar-refractivity contribution in [3.05, 3.63) is 59.4 Å². The Morgan fingerprint density at radius 2 is 1.93 bits per heavy atom. The molecule has 2 N–H and O–H groups in total. The lowest BCUT2D eigenvalue weighted by Crippen LogP contribution is -2.33. The smallest absolute Gasteiger partial charge is 0.241 e. The van der Waals surface area contributed by atoms with Crippen LogP contribution < -0.4 is 10.6 Å². The van der Waals surface area contributed by atoms with Crippen molar-refractivity contribution in [2.24, 2.45) is 5.10 Å². The number of aromatic nitrogens is 2. The van der Waals surface area contributed by atoms with Gasteiger partial charge in [-0.25, -0.2) is 9.97 Å². The molecule has 1 heterocycles. The topological polar surface area (TPSA) is 99.6 Å². The zero-order valence-electron chi connectivity index (χ0n) is 15.6. The highest BCUT2D eigenvalue weighted by atomic mass is 35.5. The molecule has 146 valence electrons.